The molecule has 1 aromatic carbocycles. The highest BCUT2D eigenvalue weighted by atomic mass is 32.2. The summed E-state index contributed by atoms with van der Waals surface area (Å²) in [7, 11) is 0. The smallest absolute Gasteiger partial charge is 0.344 e. The van der Waals surface area contributed by atoms with Crippen molar-refractivity contribution in [2.45, 2.75) is 56.5 Å². The van der Waals surface area contributed by atoms with E-state index in [0.29, 0.717) is 11.7 Å². The molecule has 1 fully saturated rings. The standard InChI is InChI=1S/C19H24N4O3S/c1-13-8-9-14-5-2-3-7-16(14)23(13)17(24)12-27-19-21-20-18(25)22(19)11-15-6-4-10-26-15/h2-3,5,7,13,15H,4,6,8-12H2,1H3,(H,20,25)/t13-,15-/m1/s1. The van der Waals surface area contributed by atoms with Gasteiger partial charge in [0.1, 0.15) is 0 Å². The van der Waals surface area contributed by atoms with Crippen molar-refractivity contribution in [3.63, 3.8) is 0 Å². The maximum atomic E-state index is 13.0. The van der Waals surface area contributed by atoms with Crippen LogP contribution < -0.4 is 10.6 Å². The number of anilines is 1. The molecule has 27 heavy (non-hydrogen) atoms. The highest BCUT2D eigenvalue weighted by molar-refractivity contribution is 7.99. The van der Waals surface area contributed by atoms with E-state index in [1.807, 2.05) is 23.1 Å². The number of benzene rings is 1. The van der Waals surface area contributed by atoms with Crippen molar-refractivity contribution < 1.29 is 9.53 Å². The van der Waals surface area contributed by atoms with Gasteiger partial charge in [-0.3, -0.25) is 9.36 Å². The lowest BCUT2D eigenvalue weighted by atomic mass is 9.97. The summed E-state index contributed by atoms with van der Waals surface area (Å²) < 4.78 is 7.21. The van der Waals surface area contributed by atoms with Crippen molar-refractivity contribution in [2.24, 2.45) is 0 Å². The van der Waals surface area contributed by atoms with Crippen LogP contribution >= 0.6 is 11.8 Å². The molecule has 0 aliphatic carbocycles. The monoisotopic (exact) mass is 388 g/mol. The SMILES string of the molecule is C[C@@H]1CCc2ccccc2N1C(=O)CSc1n[nH]c(=O)n1C[C@H]1CCCO1. The summed E-state index contributed by atoms with van der Waals surface area (Å²) >= 11 is 1.30. The lowest BCUT2D eigenvalue weighted by Gasteiger charge is -2.35. The number of hydrogen-bond donors (Lipinski definition) is 1. The number of hydrogen-bond acceptors (Lipinski definition) is 5. The Balaban J connectivity index is 1.46. The van der Waals surface area contributed by atoms with Gasteiger partial charge in [0.05, 0.1) is 18.4 Å². The van der Waals surface area contributed by atoms with Crippen LogP contribution in [0, 0.1) is 0 Å². The minimum absolute atomic E-state index is 0.0405. The van der Waals surface area contributed by atoms with E-state index >= 15 is 0 Å². The van der Waals surface area contributed by atoms with Crippen LogP contribution in [0.2, 0.25) is 0 Å². The number of H-pyrrole nitrogens is 1. The molecule has 2 aliphatic rings. The number of aromatic nitrogens is 3. The zero-order valence-corrected chi connectivity index (χ0v) is 16.2. The van der Waals surface area contributed by atoms with Crippen LogP contribution in [-0.2, 0) is 22.5 Å². The Morgan fingerprint density at radius 3 is 3.04 bits per heavy atom. The Bertz CT molecular complexity index is 872. The van der Waals surface area contributed by atoms with Crippen LogP contribution in [0.4, 0.5) is 5.69 Å². The predicted molar refractivity (Wildman–Crippen MR) is 104 cm³/mol. The number of rotatable bonds is 5. The lowest BCUT2D eigenvalue weighted by molar-refractivity contribution is -0.116. The van der Waals surface area contributed by atoms with Crippen LogP contribution in [-0.4, -0.2) is 45.2 Å². The minimum atomic E-state index is -0.253. The number of thioether (sulfide) groups is 1. The molecule has 0 unspecified atom stereocenters. The molecule has 2 aliphatic heterocycles. The average molecular weight is 388 g/mol. The van der Waals surface area contributed by atoms with Gasteiger partial charge in [0.2, 0.25) is 5.91 Å². The van der Waals surface area contributed by atoms with Gasteiger partial charge in [-0.2, -0.15) is 0 Å². The summed E-state index contributed by atoms with van der Waals surface area (Å²) in [5, 5.41) is 7.14. The molecule has 7 nitrogen and oxygen atoms in total. The molecule has 0 spiro atoms. The molecule has 4 rings (SSSR count). The molecular formula is C19H24N4O3S. The van der Waals surface area contributed by atoms with Crippen LogP contribution in [0.3, 0.4) is 0 Å². The number of ether oxygens (including phenoxy) is 1. The van der Waals surface area contributed by atoms with Crippen LogP contribution in [0.1, 0.15) is 31.7 Å². The number of carbonyl (C=O) groups excluding carboxylic acids is 1. The molecule has 0 bridgehead atoms. The van der Waals surface area contributed by atoms with Crippen LogP contribution in [0.15, 0.2) is 34.2 Å². The van der Waals surface area contributed by atoms with Gasteiger partial charge in [0.15, 0.2) is 5.16 Å². The van der Waals surface area contributed by atoms with E-state index in [1.54, 1.807) is 4.57 Å². The third-order valence-electron chi connectivity index (χ3n) is 5.25. The van der Waals surface area contributed by atoms with Crippen molar-refractivity contribution in [2.75, 3.05) is 17.3 Å². The third kappa shape index (κ3) is 3.82. The molecule has 8 heteroatoms. The fraction of sp³-hybridized carbons (Fsp3) is 0.526. The highest BCUT2D eigenvalue weighted by Crippen LogP contribution is 2.31. The topological polar surface area (TPSA) is 80.2 Å². The summed E-state index contributed by atoms with van der Waals surface area (Å²) in [6, 6.07) is 8.25. The van der Waals surface area contributed by atoms with E-state index in [9.17, 15) is 9.59 Å². The van der Waals surface area contributed by atoms with Crippen LogP contribution in [0.5, 0.6) is 0 Å². The van der Waals surface area contributed by atoms with Gasteiger partial charge in [-0.1, -0.05) is 30.0 Å². The van der Waals surface area contributed by atoms with Gasteiger partial charge < -0.3 is 9.64 Å². The molecule has 2 aromatic rings. The highest BCUT2D eigenvalue weighted by Gasteiger charge is 2.28. The fourth-order valence-corrected chi connectivity index (χ4v) is 4.65. The first-order chi connectivity index (χ1) is 13.1. The summed E-state index contributed by atoms with van der Waals surface area (Å²) in [5.74, 6) is 0.285. The molecular weight excluding hydrogens is 364 g/mol. The van der Waals surface area contributed by atoms with Gasteiger partial charge in [0, 0.05) is 18.3 Å². The summed E-state index contributed by atoms with van der Waals surface area (Å²) in [5.41, 5.74) is 1.96. The molecule has 1 N–H and O–H groups in total. The maximum absolute atomic E-state index is 13.0. The van der Waals surface area contributed by atoms with E-state index in [-0.39, 0.29) is 29.5 Å². The number of aryl methyl sites for hydroxylation is 1. The number of para-hydroxylation sites is 1. The first-order valence-electron chi connectivity index (χ1n) is 9.43. The molecule has 1 saturated heterocycles. The quantitative estimate of drug-likeness (QED) is 0.795. The van der Waals surface area contributed by atoms with Crippen molar-refractivity contribution >= 4 is 23.4 Å². The number of nitrogens with zero attached hydrogens (tertiary/aromatic N) is 3. The molecule has 1 aromatic heterocycles. The Labute approximate surface area is 162 Å². The summed E-state index contributed by atoms with van der Waals surface area (Å²) in [4.78, 5) is 26.9. The predicted octanol–water partition coefficient (Wildman–Crippen LogP) is 2.21. The molecule has 0 saturated carbocycles. The number of aromatic amines is 1. The van der Waals surface area contributed by atoms with E-state index in [1.165, 1.54) is 17.3 Å². The largest absolute Gasteiger partial charge is 0.376 e. The third-order valence-corrected chi connectivity index (χ3v) is 6.21. The second-order valence-electron chi connectivity index (χ2n) is 7.13. The van der Waals surface area contributed by atoms with Gasteiger partial charge >= 0.3 is 5.69 Å². The van der Waals surface area contributed by atoms with Crippen molar-refractivity contribution in [3.05, 3.63) is 40.3 Å². The first-order valence-corrected chi connectivity index (χ1v) is 10.4. The Hall–Kier alpha value is -2.06. The van der Waals surface area contributed by atoms with Gasteiger partial charge in [-0.25, -0.2) is 9.89 Å². The molecule has 144 valence electrons. The number of amides is 1. The first kappa shape index (κ1) is 18.3. The maximum Gasteiger partial charge on any atom is 0.344 e. The zero-order valence-electron chi connectivity index (χ0n) is 15.4. The lowest BCUT2D eigenvalue weighted by Crippen LogP contribution is -2.43. The van der Waals surface area contributed by atoms with E-state index in [2.05, 4.69) is 23.2 Å². The van der Waals surface area contributed by atoms with E-state index in [4.69, 9.17) is 4.74 Å². The average Bonchev–Trinajstić information content (AvgIpc) is 3.31. The molecule has 0 radical (unpaired) electrons. The molecule has 3 heterocycles. The zero-order chi connectivity index (χ0) is 18.8. The van der Waals surface area contributed by atoms with E-state index < -0.39 is 0 Å². The van der Waals surface area contributed by atoms with Crippen molar-refractivity contribution in [1.29, 1.82) is 0 Å². The van der Waals surface area contributed by atoms with Crippen LogP contribution in [0.25, 0.3) is 0 Å². The second-order valence-corrected chi connectivity index (χ2v) is 8.07. The van der Waals surface area contributed by atoms with Gasteiger partial charge in [-0.05, 0) is 44.2 Å². The number of nitrogens with one attached hydrogen (secondary N) is 1. The minimum Gasteiger partial charge on any atom is -0.376 e. The fourth-order valence-electron chi connectivity index (χ4n) is 3.83. The Kier molecular flexibility index (Phi) is 5.36. The Morgan fingerprint density at radius 1 is 1.37 bits per heavy atom. The second kappa shape index (κ2) is 7.90. The summed E-state index contributed by atoms with van der Waals surface area (Å²) in [6.45, 7) is 3.31. The number of carbonyl (C=O) groups is 1. The molecule has 1 amide bonds. The summed E-state index contributed by atoms with van der Waals surface area (Å²) in [6.07, 6.45) is 3.96. The molecule has 2 atom stereocenters. The van der Waals surface area contributed by atoms with Gasteiger partial charge in [-0.15, -0.1) is 5.10 Å². The van der Waals surface area contributed by atoms with Crippen molar-refractivity contribution in [3.8, 4) is 0 Å². The van der Waals surface area contributed by atoms with Gasteiger partial charge in [0.25, 0.3) is 0 Å². The number of fused-ring (bicyclic) bond motifs is 1. The normalized spacial score (nSPS) is 22.0. The van der Waals surface area contributed by atoms with Crippen molar-refractivity contribution in [1.82, 2.24) is 14.8 Å². The Morgan fingerprint density at radius 2 is 2.22 bits per heavy atom. The van der Waals surface area contributed by atoms with E-state index in [0.717, 1.165) is 38.0 Å².